The summed E-state index contributed by atoms with van der Waals surface area (Å²) in [6, 6.07) is 42.1. The van der Waals surface area contributed by atoms with Gasteiger partial charge in [0, 0.05) is 54.7 Å². The lowest BCUT2D eigenvalue weighted by Crippen LogP contribution is -2.10. The topological polar surface area (TPSA) is 25.6 Å². The van der Waals surface area contributed by atoms with E-state index in [-0.39, 0.29) is 21.7 Å². The van der Waals surface area contributed by atoms with E-state index < -0.39 is 0 Å². The van der Waals surface area contributed by atoms with Crippen molar-refractivity contribution < 1.29 is 0 Å². The first-order chi connectivity index (χ1) is 25.8. The van der Waals surface area contributed by atoms with Crippen LogP contribution in [0.25, 0.3) is 76.8 Å². The quantitative estimate of drug-likeness (QED) is 0.184. The Kier molecular flexibility index (Phi) is 7.48. The normalized spacial score (nSPS) is 13.5. The molecular formula is C52H55N3. The Morgan fingerprint density at radius 1 is 0.309 bits per heavy atom. The van der Waals surface area contributed by atoms with Crippen LogP contribution in [0.2, 0.25) is 0 Å². The Bertz CT molecular complexity index is 2650. The molecular weight excluding hydrogens is 667 g/mol. The molecule has 3 heteroatoms. The number of fused-ring (bicyclic) bond motifs is 9. The minimum absolute atomic E-state index is 0.0658. The van der Waals surface area contributed by atoms with E-state index in [9.17, 15) is 0 Å². The first-order valence-electron chi connectivity index (χ1n) is 20.0. The molecule has 9 aromatic rings. The van der Waals surface area contributed by atoms with Crippen molar-refractivity contribution in [2.24, 2.45) is 0 Å². The Morgan fingerprint density at radius 3 is 0.836 bits per heavy atom. The maximum atomic E-state index is 3.86. The maximum Gasteiger partial charge on any atom is 0.0541 e. The molecule has 0 aliphatic carbocycles. The fourth-order valence-electron chi connectivity index (χ4n) is 8.63. The minimum Gasteiger partial charge on any atom is -0.354 e. The molecule has 278 valence electrons. The van der Waals surface area contributed by atoms with Gasteiger partial charge >= 0.3 is 0 Å². The van der Waals surface area contributed by atoms with Crippen LogP contribution in [0, 0.1) is 0 Å². The van der Waals surface area contributed by atoms with E-state index in [0.717, 1.165) is 22.4 Å². The fraction of sp³-hybridized carbons (Fsp3) is 0.308. The molecule has 0 bridgehead atoms. The molecule has 0 radical (unpaired) electrons. The van der Waals surface area contributed by atoms with Gasteiger partial charge in [-0.25, -0.2) is 0 Å². The van der Waals surface area contributed by atoms with Crippen LogP contribution in [0.5, 0.6) is 0 Å². The molecule has 9 rings (SSSR count). The first-order valence-corrected chi connectivity index (χ1v) is 20.0. The number of nitrogens with one attached hydrogen (secondary N) is 1. The van der Waals surface area contributed by atoms with Crippen molar-refractivity contribution in [3.05, 3.63) is 131 Å². The second-order valence-corrected chi connectivity index (χ2v) is 20.2. The van der Waals surface area contributed by atoms with Gasteiger partial charge in [0.05, 0.1) is 22.1 Å². The molecule has 0 spiro atoms. The van der Waals surface area contributed by atoms with Gasteiger partial charge in [-0.15, -0.1) is 0 Å². The zero-order valence-electron chi connectivity index (χ0n) is 34.8. The van der Waals surface area contributed by atoms with Gasteiger partial charge in [0.2, 0.25) is 0 Å². The molecule has 3 aromatic heterocycles. The van der Waals surface area contributed by atoms with E-state index in [4.69, 9.17) is 0 Å². The molecule has 0 saturated carbocycles. The Morgan fingerprint density at radius 2 is 0.582 bits per heavy atom. The second kappa shape index (κ2) is 11.6. The Labute approximate surface area is 326 Å². The number of H-pyrrole nitrogens is 1. The van der Waals surface area contributed by atoms with Crippen molar-refractivity contribution >= 4 is 65.4 Å². The molecule has 0 fully saturated rings. The molecule has 0 aliphatic heterocycles. The van der Waals surface area contributed by atoms with Crippen molar-refractivity contribution in [1.29, 1.82) is 0 Å². The number of aromatic nitrogens is 3. The maximum absolute atomic E-state index is 3.86. The number of hydrogen-bond donors (Lipinski definition) is 1. The van der Waals surface area contributed by atoms with Crippen LogP contribution in [0.3, 0.4) is 0 Å². The molecule has 1 N–H and O–H groups in total. The molecule has 0 unspecified atom stereocenters. The standard InChI is InChI=1S/C52H55N3/c1-49(2,3)31-13-21-45-39(25-31)40-26-32(50(4,5)6)14-22-46(40)54(45)35-17-19-37-38-20-18-36(30-44(38)53-43(37)29-35)55-47-23-15-33(51(7,8)9)27-41(47)42-28-34(52(10,11)12)16-24-48(42)55/h13-30,53H,1-12H3. The summed E-state index contributed by atoms with van der Waals surface area (Å²) < 4.78 is 4.91. The van der Waals surface area contributed by atoms with Gasteiger partial charge in [-0.1, -0.05) is 119 Å². The highest BCUT2D eigenvalue weighted by Crippen LogP contribution is 2.41. The van der Waals surface area contributed by atoms with E-state index in [0.29, 0.717) is 0 Å². The lowest BCUT2D eigenvalue weighted by molar-refractivity contribution is 0.590. The van der Waals surface area contributed by atoms with Crippen molar-refractivity contribution in [2.75, 3.05) is 0 Å². The molecule has 0 aliphatic rings. The summed E-state index contributed by atoms with van der Waals surface area (Å²) in [6.45, 7) is 27.6. The molecule has 0 saturated heterocycles. The van der Waals surface area contributed by atoms with Crippen molar-refractivity contribution in [1.82, 2.24) is 14.1 Å². The summed E-state index contributed by atoms with van der Waals surface area (Å²) in [7, 11) is 0. The monoisotopic (exact) mass is 721 g/mol. The highest BCUT2D eigenvalue weighted by atomic mass is 15.0. The smallest absolute Gasteiger partial charge is 0.0541 e. The summed E-state index contributed by atoms with van der Waals surface area (Å²) in [5, 5.41) is 7.72. The van der Waals surface area contributed by atoms with Crippen LogP contribution < -0.4 is 0 Å². The number of nitrogens with zero attached hydrogens (tertiary/aromatic N) is 2. The summed E-state index contributed by atoms with van der Waals surface area (Å²) in [4.78, 5) is 3.86. The third-order valence-electron chi connectivity index (χ3n) is 12.1. The van der Waals surface area contributed by atoms with Gasteiger partial charge in [0.25, 0.3) is 0 Å². The minimum atomic E-state index is 0.0658. The summed E-state index contributed by atoms with van der Waals surface area (Å²) >= 11 is 0. The molecule has 3 heterocycles. The highest BCUT2D eigenvalue weighted by molar-refractivity contribution is 6.13. The first kappa shape index (κ1) is 35.4. The van der Waals surface area contributed by atoms with Crippen LogP contribution in [-0.4, -0.2) is 14.1 Å². The van der Waals surface area contributed by atoms with Gasteiger partial charge in [-0.05, 0) is 117 Å². The average Bonchev–Trinajstić information content (AvgIpc) is 3.75. The predicted octanol–water partition coefficient (Wildman–Crippen LogP) is 14.7. The lowest BCUT2D eigenvalue weighted by atomic mass is 9.85. The Hall–Kier alpha value is -5.28. The second-order valence-electron chi connectivity index (χ2n) is 20.2. The van der Waals surface area contributed by atoms with Crippen LogP contribution in [-0.2, 0) is 21.7 Å². The summed E-state index contributed by atoms with van der Waals surface area (Å²) in [5.74, 6) is 0. The van der Waals surface area contributed by atoms with E-state index in [1.165, 1.54) is 76.6 Å². The number of aromatic amines is 1. The SMILES string of the molecule is CC(C)(C)c1ccc2c(c1)c1cc(C(C)(C)C)ccc1n2-c1ccc2c(c1)[nH]c1cc(-n3c4ccc(C(C)(C)C)cc4c4cc(C(C)(C)C)ccc43)ccc12. The zero-order valence-corrected chi connectivity index (χ0v) is 34.8. The van der Waals surface area contributed by atoms with Crippen LogP contribution in [0.1, 0.15) is 105 Å². The van der Waals surface area contributed by atoms with Gasteiger partial charge in [-0.3, -0.25) is 0 Å². The van der Waals surface area contributed by atoms with E-state index in [1.54, 1.807) is 0 Å². The molecule has 6 aromatic carbocycles. The Balaban J connectivity index is 1.23. The number of benzene rings is 6. The summed E-state index contributed by atoms with van der Waals surface area (Å²) in [5.41, 5.74) is 15.3. The average molecular weight is 722 g/mol. The van der Waals surface area contributed by atoms with Gasteiger partial charge in [0.15, 0.2) is 0 Å². The van der Waals surface area contributed by atoms with Crippen molar-refractivity contribution in [2.45, 2.75) is 105 Å². The largest absolute Gasteiger partial charge is 0.354 e. The van der Waals surface area contributed by atoms with E-state index in [1.807, 2.05) is 0 Å². The molecule has 55 heavy (non-hydrogen) atoms. The summed E-state index contributed by atoms with van der Waals surface area (Å²) in [6.07, 6.45) is 0. The van der Waals surface area contributed by atoms with Crippen LogP contribution >= 0.6 is 0 Å². The van der Waals surface area contributed by atoms with Gasteiger partial charge in [-0.2, -0.15) is 0 Å². The van der Waals surface area contributed by atoms with Crippen LogP contribution in [0.15, 0.2) is 109 Å². The van der Waals surface area contributed by atoms with Gasteiger partial charge < -0.3 is 14.1 Å². The lowest BCUT2D eigenvalue weighted by Gasteiger charge is -2.19. The van der Waals surface area contributed by atoms with E-state index in [2.05, 4.69) is 206 Å². The molecule has 0 atom stereocenters. The zero-order chi connectivity index (χ0) is 39.0. The third kappa shape index (κ3) is 5.69. The highest BCUT2D eigenvalue weighted by Gasteiger charge is 2.23. The van der Waals surface area contributed by atoms with Crippen LogP contribution in [0.4, 0.5) is 0 Å². The number of hydrogen-bond acceptors (Lipinski definition) is 0. The number of rotatable bonds is 2. The van der Waals surface area contributed by atoms with Crippen molar-refractivity contribution in [3.63, 3.8) is 0 Å². The van der Waals surface area contributed by atoms with Gasteiger partial charge in [0.1, 0.15) is 0 Å². The van der Waals surface area contributed by atoms with E-state index >= 15 is 0 Å². The van der Waals surface area contributed by atoms with Crippen molar-refractivity contribution in [3.8, 4) is 11.4 Å². The third-order valence-corrected chi connectivity index (χ3v) is 12.1. The predicted molar refractivity (Wildman–Crippen MR) is 239 cm³/mol. The molecule has 3 nitrogen and oxygen atoms in total. The fourth-order valence-corrected chi connectivity index (χ4v) is 8.63. The molecule has 0 amide bonds.